The summed E-state index contributed by atoms with van der Waals surface area (Å²) in [5.74, 6) is 1.84. The van der Waals surface area contributed by atoms with Crippen LogP contribution in [0.15, 0.2) is 29.2 Å². The Kier molecular flexibility index (Phi) is 5.38. The van der Waals surface area contributed by atoms with Crippen LogP contribution in [-0.4, -0.2) is 61.3 Å². The maximum absolute atomic E-state index is 13.5. The van der Waals surface area contributed by atoms with Crippen molar-refractivity contribution in [2.45, 2.75) is 61.9 Å². The second kappa shape index (κ2) is 7.81. The molecule has 0 aromatic heterocycles. The SMILES string of the molecule is CC(C(=O)NC12CC3CC(CC(C3)C1)C2)N1CCN(S(=O)(=O)c2cccc(F)c2)CC1. The number of hydrogen-bond donors (Lipinski definition) is 1. The fraction of sp³-hybridized carbons (Fsp3) is 0.696. The van der Waals surface area contributed by atoms with E-state index in [2.05, 4.69) is 10.2 Å². The highest BCUT2D eigenvalue weighted by atomic mass is 32.2. The summed E-state index contributed by atoms with van der Waals surface area (Å²) in [5.41, 5.74) is -0.0113. The molecular formula is C23H32FN3O3S. The number of amides is 1. The first-order chi connectivity index (χ1) is 14.7. The smallest absolute Gasteiger partial charge is 0.243 e. The van der Waals surface area contributed by atoms with Gasteiger partial charge in [0.15, 0.2) is 0 Å². The molecule has 1 heterocycles. The van der Waals surface area contributed by atoms with E-state index in [9.17, 15) is 17.6 Å². The normalized spacial score (nSPS) is 34.6. The summed E-state index contributed by atoms with van der Waals surface area (Å²) >= 11 is 0. The van der Waals surface area contributed by atoms with Gasteiger partial charge in [-0.3, -0.25) is 9.69 Å². The molecule has 1 aromatic carbocycles. The molecule has 8 heteroatoms. The number of piperazine rings is 1. The molecule has 6 rings (SSSR count). The lowest BCUT2D eigenvalue weighted by Crippen LogP contribution is -2.63. The molecular weight excluding hydrogens is 417 g/mol. The van der Waals surface area contributed by atoms with E-state index in [1.54, 1.807) is 0 Å². The number of carbonyl (C=O) groups is 1. The second-order valence-corrected chi connectivity index (χ2v) is 12.2. The number of benzene rings is 1. The molecule has 1 atom stereocenters. The molecule has 5 fully saturated rings. The summed E-state index contributed by atoms with van der Waals surface area (Å²) in [5, 5.41) is 3.44. The standard InChI is InChI=1S/C23H32FN3O3S/c1-16(22(28)25-23-13-17-9-18(14-23)11-19(10-17)15-23)26-5-7-27(8-6-26)31(29,30)21-4-2-3-20(24)12-21/h2-4,12,16-19H,5-11,13-15H2,1H3,(H,25,28). The number of carbonyl (C=O) groups excluding carboxylic acids is 1. The zero-order valence-electron chi connectivity index (χ0n) is 18.1. The molecule has 4 saturated carbocycles. The molecule has 1 saturated heterocycles. The lowest BCUT2D eigenvalue weighted by atomic mass is 9.53. The first-order valence-corrected chi connectivity index (χ1v) is 13.0. The van der Waals surface area contributed by atoms with Crippen LogP contribution in [0.2, 0.25) is 0 Å². The third kappa shape index (κ3) is 4.02. The third-order valence-electron chi connectivity index (χ3n) is 8.06. The van der Waals surface area contributed by atoms with Gasteiger partial charge in [-0.05, 0) is 81.4 Å². The molecule has 31 heavy (non-hydrogen) atoms. The van der Waals surface area contributed by atoms with E-state index < -0.39 is 15.8 Å². The molecule has 4 aliphatic carbocycles. The Balaban J connectivity index is 1.19. The molecule has 4 bridgehead atoms. The average molecular weight is 450 g/mol. The quantitative estimate of drug-likeness (QED) is 0.750. The Hall–Kier alpha value is -1.51. The first kappa shape index (κ1) is 21.3. The first-order valence-electron chi connectivity index (χ1n) is 11.6. The zero-order valence-corrected chi connectivity index (χ0v) is 18.9. The van der Waals surface area contributed by atoms with Crippen molar-refractivity contribution in [2.24, 2.45) is 17.8 Å². The highest BCUT2D eigenvalue weighted by molar-refractivity contribution is 7.89. The highest BCUT2D eigenvalue weighted by Gasteiger charge is 2.52. The molecule has 1 unspecified atom stereocenters. The van der Waals surface area contributed by atoms with Crippen LogP contribution in [-0.2, 0) is 14.8 Å². The van der Waals surface area contributed by atoms with Gasteiger partial charge in [0.05, 0.1) is 10.9 Å². The molecule has 1 aromatic rings. The summed E-state index contributed by atoms with van der Waals surface area (Å²) in [4.78, 5) is 15.2. The topological polar surface area (TPSA) is 69.7 Å². The van der Waals surface area contributed by atoms with Gasteiger partial charge in [0.1, 0.15) is 5.82 Å². The van der Waals surface area contributed by atoms with E-state index in [1.807, 2.05) is 6.92 Å². The largest absolute Gasteiger partial charge is 0.349 e. The fourth-order valence-corrected chi connectivity index (χ4v) is 8.36. The zero-order chi connectivity index (χ0) is 21.8. The molecule has 1 amide bonds. The predicted molar refractivity (Wildman–Crippen MR) is 115 cm³/mol. The van der Waals surface area contributed by atoms with Crippen molar-refractivity contribution in [3.8, 4) is 0 Å². The maximum atomic E-state index is 13.5. The summed E-state index contributed by atoms with van der Waals surface area (Å²) in [6, 6.07) is 4.85. The van der Waals surface area contributed by atoms with Crippen molar-refractivity contribution < 1.29 is 17.6 Å². The van der Waals surface area contributed by atoms with Crippen LogP contribution in [0.5, 0.6) is 0 Å². The van der Waals surface area contributed by atoms with Crippen LogP contribution in [0.1, 0.15) is 45.4 Å². The minimum absolute atomic E-state index is 0.0113. The number of nitrogens with one attached hydrogen (secondary N) is 1. The second-order valence-electron chi connectivity index (χ2n) is 10.3. The van der Waals surface area contributed by atoms with Crippen LogP contribution in [0, 0.1) is 23.6 Å². The van der Waals surface area contributed by atoms with Gasteiger partial charge in [0.2, 0.25) is 15.9 Å². The Morgan fingerprint density at radius 2 is 1.65 bits per heavy atom. The summed E-state index contributed by atoms with van der Waals surface area (Å²) in [7, 11) is -3.72. The van der Waals surface area contributed by atoms with Gasteiger partial charge in [-0.2, -0.15) is 4.31 Å². The lowest BCUT2D eigenvalue weighted by molar-refractivity contribution is -0.132. The van der Waals surface area contributed by atoms with Crippen molar-refractivity contribution in [2.75, 3.05) is 26.2 Å². The van der Waals surface area contributed by atoms with Crippen molar-refractivity contribution >= 4 is 15.9 Å². The Bertz CT molecular complexity index is 923. The number of nitrogens with zero attached hydrogens (tertiary/aromatic N) is 2. The van der Waals surface area contributed by atoms with E-state index in [-0.39, 0.29) is 22.4 Å². The van der Waals surface area contributed by atoms with Gasteiger partial charge in [-0.25, -0.2) is 12.8 Å². The molecule has 6 nitrogen and oxygen atoms in total. The van der Waals surface area contributed by atoms with Gasteiger partial charge < -0.3 is 5.32 Å². The van der Waals surface area contributed by atoms with Crippen LogP contribution < -0.4 is 5.32 Å². The molecule has 5 aliphatic rings. The number of hydrogen-bond acceptors (Lipinski definition) is 4. The lowest BCUT2D eigenvalue weighted by Gasteiger charge is -2.57. The molecule has 1 N–H and O–H groups in total. The number of halogens is 1. The van der Waals surface area contributed by atoms with Crippen molar-refractivity contribution in [1.29, 1.82) is 0 Å². The Morgan fingerprint density at radius 1 is 1.06 bits per heavy atom. The van der Waals surface area contributed by atoms with Crippen LogP contribution in [0.3, 0.4) is 0 Å². The predicted octanol–water partition coefficient (Wildman–Crippen LogP) is 2.61. The van der Waals surface area contributed by atoms with E-state index in [0.717, 1.165) is 43.1 Å². The van der Waals surface area contributed by atoms with E-state index in [4.69, 9.17) is 0 Å². The van der Waals surface area contributed by atoms with Gasteiger partial charge in [-0.15, -0.1) is 0 Å². The monoisotopic (exact) mass is 449 g/mol. The maximum Gasteiger partial charge on any atom is 0.243 e. The van der Waals surface area contributed by atoms with E-state index in [1.165, 1.54) is 41.8 Å². The van der Waals surface area contributed by atoms with Crippen LogP contribution in [0.25, 0.3) is 0 Å². The Morgan fingerprint density at radius 3 is 2.19 bits per heavy atom. The van der Waals surface area contributed by atoms with E-state index >= 15 is 0 Å². The molecule has 0 spiro atoms. The minimum Gasteiger partial charge on any atom is -0.349 e. The van der Waals surface area contributed by atoms with Crippen molar-refractivity contribution in [3.05, 3.63) is 30.1 Å². The molecule has 170 valence electrons. The van der Waals surface area contributed by atoms with Crippen LogP contribution >= 0.6 is 0 Å². The third-order valence-corrected chi connectivity index (χ3v) is 9.96. The average Bonchev–Trinajstić information content (AvgIpc) is 2.72. The fourth-order valence-electron chi connectivity index (χ4n) is 6.90. The number of rotatable bonds is 5. The van der Waals surface area contributed by atoms with Gasteiger partial charge >= 0.3 is 0 Å². The van der Waals surface area contributed by atoms with Crippen molar-refractivity contribution in [1.82, 2.24) is 14.5 Å². The number of sulfonamides is 1. The van der Waals surface area contributed by atoms with Crippen LogP contribution in [0.4, 0.5) is 4.39 Å². The van der Waals surface area contributed by atoms with Gasteiger partial charge in [-0.1, -0.05) is 6.07 Å². The summed E-state index contributed by atoms with van der Waals surface area (Å²) in [6.07, 6.45) is 7.39. The summed E-state index contributed by atoms with van der Waals surface area (Å²) < 4.78 is 40.5. The van der Waals surface area contributed by atoms with E-state index in [0.29, 0.717) is 26.2 Å². The highest BCUT2D eigenvalue weighted by Crippen LogP contribution is 2.55. The van der Waals surface area contributed by atoms with Gasteiger partial charge in [0.25, 0.3) is 0 Å². The van der Waals surface area contributed by atoms with Gasteiger partial charge in [0, 0.05) is 31.7 Å². The summed E-state index contributed by atoms with van der Waals surface area (Å²) in [6.45, 7) is 3.50. The molecule has 0 radical (unpaired) electrons. The van der Waals surface area contributed by atoms with Crippen molar-refractivity contribution in [3.63, 3.8) is 0 Å². The molecule has 1 aliphatic heterocycles. The minimum atomic E-state index is -3.72. The Labute approximate surface area is 184 Å².